The molecule has 1 N–H and O–H groups in total. The number of halogens is 3. The average molecular weight is 343 g/mol. The van der Waals surface area contributed by atoms with Crippen molar-refractivity contribution in [2.24, 2.45) is 0 Å². The molecule has 0 radical (unpaired) electrons. The predicted octanol–water partition coefficient (Wildman–Crippen LogP) is 5.09. The van der Waals surface area contributed by atoms with Crippen LogP contribution < -0.4 is 5.32 Å². The van der Waals surface area contributed by atoms with E-state index >= 15 is 0 Å². The molecule has 0 aliphatic heterocycles. The molecule has 2 aromatic rings. The van der Waals surface area contributed by atoms with E-state index in [4.69, 9.17) is 11.6 Å². The van der Waals surface area contributed by atoms with E-state index in [1.54, 1.807) is 12.1 Å². The number of hydrogen-bond donors (Lipinski definition) is 1. The molecule has 0 bridgehead atoms. The van der Waals surface area contributed by atoms with Gasteiger partial charge in [-0.25, -0.2) is 4.39 Å². The minimum Gasteiger partial charge on any atom is -0.306 e. The van der Waals surface area contributed by atoms with Gasteiger partial charge in [-0.3, -0.25) is 0 Å². The summed E-state index contributed by atoms with van der Waals surface area (Å²) in [6.45, 7) is 2.54. The lowest BCUT2D eigenvalue weighted by atomic mass is 10.1. The largest absolute Gasteiger partial charge is 0.306 e. The van der Waals surface area contributed by atoms with Gasteiger partial charge in [0.25, 0.3) is 0 Å². The summed E-state index contributed by atoms with van der Waals surface area (Å²) in [5, 5.41) is 4.00. The van der Waals surface area contributed by atoms with Crippen molar-refractivity contribution in [1.29, 1.82) is 0 Å². The predicted molar refractivity (Wildman–Crippen MR) is 80.8 cm³/mol. The van der Waals surface area contributed by atoms with Gasteiger partial charge >= 0.3 is 0 Å². The SMILES string of the molecule is CC(NCc1ccccc1Cl)c1cc(Br)ccc1F. The summed E-state index contributed by atoms with van der Waals surface area (Å²) in [5.41, 5.74) is 1.65. The molecule has 19 heavy (non-hydrogen) atoms. The van der Waals surface area contributed by atoms with Gasteiger partial charge in [-0.05, 0) is 36.8 Å². The smallest absolute Gasteiger partial charge is 0.128 e. The second-order valence-corrected chi connectivity index (χ2v) is 5.68. The van der Waals surface area contributed by atoms with Gasteiger partial charge in [0.2, 0.25) is 0 Å². The second kappa shape index (κ2) is 6.51. The lowest BCUT2D eigenvalue weighted by molar-refractivity contribution is 0.528. The van der Waals surface area contributed by atoms with Crippen LogP contribution in [-0.2, 0) is 6.54 Å². The Morgan fingerprint density at radius 2 is 2.00 bits per heavy atom. The zero-order chi connectivity index (χ0) is 13.8. The van der Waals surface area contributed by atoms with Crippen LogP contribution in [0.1, 0.15) is 24.1 Å². The molecule has 1 unspecified atom stereocenters. The first-order valence-electron chi connectivity index (χ1n) is 5.99. The van der Waals surface area contributed by atoms with Crippen molar-refractivity contribution in [1.82, 2.24) is 5.32 Å². The molecule has 0 aromatic heterocycles. The molecule has 0 saturated heterocycles. The summed E-state index contributed by atoms with van der Waals surface area (Å²) in [4.78, 5) is 0. The Kier molecular flexibility index (Phi) is 4.97. The molecular formula is C15H14BrClFN. The van der Waals surface area contributed by atoms with Crippen molar-refractivity contribution in [3.05, 3.63) is 68.9 Å². The second-order valence-electron chi connectivity index (χ2n) is 4.36. The highest BCUT2D eigenvalue weighted by Gasteiger charge is 2.11. The molecular weight excluding hydrogens is 329 g/mol. The van der Waals surface area contributed by atoms with E-state index in [2.05, 4.69) is 21.2 Å². The van der Waals surface area contributed by atoms with Crippen LogP contribution >= 0.6 is 27.5 Å². The van der Waals surface area contributed by atoms with E-state index in [0.717, 1.165) is 15.1 Å². The summed E-state index contributed by atoms with van der Waals surface area (Å²) >= 11 is 9.45. The van der Waals surface area contributed by atoms with E-state index in [1.807, 2.05) is 31.2 Å². The average Bonchev–Trinajstić information content (AvgIpc) is 2.40. The van der Waals surface area contributed by atoms with Crippen LogP contribution in [0, 0.1) is 5.82 Å². The first kappa shape index (κ1) is 14.5. The summed E-state index contributed by atoms with van der Waals surface area (Å²) in [5.74, 6) is -0.206. The van der Waals surface area contributed by atoms with Gasteiger partial charge in [0.15, 0.2) is 0 Å². The maximum atomic E-state index is 13.7. The van der Waals surface area contributed by atoms with Crippen LogP contribution in [0.15, 0.2) is 46.9 Å². The zero-order valence-corrected chi connectivity index (χ0v) is 12.8. The zero-order valence-electron chi connectivity index (χ0n) is 10.5. The van der Waals surface area contributed by atoms with E-state index in [1.165, 1.54) is 6.07 Å². The van der Waals surface area contributed by atoms with Crippen LogP contribution in [0.4, 0.5) is 4.39 Å². The number of benzene rings is 2. The van der Waals surface area contributed by atoms with Gasteiger partial charge in [-0.2, -0.15) is 0 Å². The van der Waals surface area contributed by atoms with Gasteiger partial charge in [0.1, 0.15) is 5.82 Å². The summed E-state index contributed by atoms with van der Waals surface area (Å²) < 4.78 is 14.6. The van der Waals surface area contributed by atoms with Crippen LogP contribution in [0.2, 0.25) is 5.02 Å². The molecule has 0 aliphatic rings. The fourth-order valence-electron chi connectivity index (χ4n) is 1.86. The van der Waals surface area contributed by atoms with Crippen molar-refractivity contribution in [3.8, 4) is 0 Å². The quantitative estimate of drug-likeness (QED) is 0.816. The van der Waals surface area contributed by atoms with Gasteiger partial charge in [0.05, 0.1) is 0 Å². The fourth-order valence-corrected chi connectivity index (χ4v) is 2.44. The monoisotopic (exact) mass is 341 g/mol. The van der Waals surface area contributed by atoms with Crippen molar-refractivity contribution >= 4 is 27.5 Å². The van der Waals surface area contributed by atoms with Gasteiger partial charge in [-0.1, -0.05) is 45.7 Å². The van der Waals surface area contributed by atoms with Crippen molar-refractivity contribution < 1.29 is 4.39 Å². The molecule has 0 fully saturated rings. The molecule has 100 valence electrons. The minimum atomic E-state index is -0.206. The Labute approximate surface area is 125 Å². The Bertz CT molecular complexity index is 574. The number of rotatable bonds is 4. The Balaban J connectivity index is 2.07. The van der Waals surface area contributed by atoms with Crippen molar-refractivity contribution in [2.75, 3.05) is 0 Å². The highest BCUT2D eigenvalue weighted by atomic mass is 79.9. The molecule has 2 rings (SSSR count). The molecule has 0 saturated carbocycles. The van der Waals surface area contributed by atoms with Gasteiger partial charge in [-0.15, -0.1) is 0 Å². The van der Waals surface area contributed by atoms with Crippen LogP contribution in [0.3, 0.4) is 0 Å². The summed E-state index contributed by atoms with van der Waals surface area (Å²) in [6, 6.07) is 12.5. The lowest BCUT2D eigenvalue weighted by Gasteiger charge is -2.16. The molecule has 0 aliphatic carbocycles. The maximum absolute atomic E-state index is 13.7. The molecule has 4 heteroatoms. The Hall–Kier alpha value is -0.900. The molecule has 0 spiro atoms. The third-order valence-corrected chi connectivity index (χ3v) is 3.84. The summed E-state index contributed by atoms with van der Waals surface area (Å²) in [7, 11) is 0. The first-order valence-corrected chi connectivity index (χ1v) is 7.17. The Morgan fingerprint density at radius 1 is 1.26 bits per heavy atom. The first-order chi connectivity index (χ1) is 9.08. The molecule has 0 amide bonds. The fraction of sp³-hybridized carbons (Fsp3) is 0.200. The van der Waals surface area contributed by atoms with Crippen LogP contribution in [0.5, 0.6) is 0 Å². The standard InChI is InChI=1S/C15H14BrClFN/c1-10(13-8-12(16)6-7-15(13)18)19-9-11-4-2-3-5-14(11)17/h2-8,10,19H,9H2,1H3. The third-order valence-electron chi connectivity index (χ3n) is 2.98. The molecule has 1 atom stereocenters. The highest BCUT2D eigenvalue weighted by Crippen LogP contribution is 2.22. The maximum Gasteiger partial charge on any atom is 0.128 e. The summed E-state index contributed by atoms with van der Waals surface area (Å²) in [6.07, 6.45) is 0. The molecule has 1 nitrogen and oxygen atoms in total. The number of hydrogen-bond acceptors (Lipinski definition) is 1. The van der Waals surface area contributed by atoms with Crippen molar-refractivity contribution in [2.45, 2.75) is 19.5 Å². The van der Waals surface area contributed by atoms with E-state index < -0.39 is 0 Å². The normalized spacial score (nSPS) is 12.4. The minimum absolute atomic E-state index is 0.0891. The molecule has 0 heterocycles. The Morgan fingerprint density at radius 3 is 2.74 bits per heavy atom. The van der Waals surface area contributed by atoms with Crippen LogP contribution in [-0.4, -0.2) is 0 Å². The van der Waals surface area contributed by atoms with E-state index in [9.17, 15) is 4.39 Å². The lowest BCUT2D eigenvalue weighted by Crippen LogP contribution is -2.19. The third kappa shape index (κ3) is 3.78. The highest BCUT2D eigenvalue weighted by molar-refractivity contribution is 9.10. The van der Waals surface area contributed by atoms with Gasteiger partial charge in [0, 0.05) is 27.6 Å². The van der Waals surface area contributed by atoms with E-state index in [0.29, 0.717) is 12.1 Å². The van der Waals surface area contributed by atoms with Crippen molar-refractivity contribution in [3.63, 3.8) is 0 Å². The van der Waals surface area contributed by atoms with Crippen LogP contribution in [0.25, 0.3) is 0 Å². The topological polar surface area (TPSA) is 12.0 Å². The number of nitrogens with one attached hydrogen (secondary N) is 1. The van der Waals surface area contributed by atoms with Gasteiger partial charge < -0.3 is 5.32 Å². The molecule has 2 aromatic carbocycles. The van der Waals surface area contributed by atoms with E-state index in [-0.39, 0.29) is 11.9 Å².